The molecule has 0 bridgehead atoms. The minimum absolute atomic E-state index is 0.103. The first-order valence-corrected chi connectivity index (χ1v) is 7.07. The Hall–Kier alpha value is -0.530. The molecule has 0 unspecified atom stereocenters. The first-order valence-electron chi connectivity index (χ1n) is 7.07. The van der Waals surface area contributed by atoms with Crippen molar-refractivity contribution in [3.8, 4) is 0 Å². The van der Waals surface area contributed by atoms with Gasteiger partial charge in [-0.25, -0.2) is 0 Å². The van der Waals surface area contributed by atoms with E-state index in [1.165, 1.54) is 44.9 Å². The van der Waals surface area contributed by atoms with Crippen LogP contribution < -0.4 is 0 Å². The molecule has 0 N–H and O–H groups in total. The fourth-order valence-electron chi connectivity index (χ4n) is 2.96. The molecule has 0 heterocycles. The summed E-state index contributed by atoms with van der Waals surface area (Å²) < 4.78 is 5.67. The SMILES string of the molecule is O=C(OC1CCCCCC1)C1CCCCC1. The van der Waals surface area contributed by atoms with Gasteiger partial charge in [-0.1, -0.05) is 32.1 Å². The van der Waals surface area contributed by atoms with Crippen LogP contribution in [0, 0.1) is 5.92 Å². The second-order valence-electron chi connectivity index (χ2n) is 5.39. The molecule has 0 spiro atoms. The van der Waals surface area contributed by atoms with Crippen molar-refractivity contribution < 1.29 is 9.53 Å². The van der Waals surface area contributed by atoms with Crippen molar-refractivity contribution in [1.29, 1.82) is 0 Å². The fraction of sp³-hybridized carbons (Fsp3) is 0.929. The Morgan fingerprint density at radius 3 is 1.88 bits per heavy atom. The quantitative estimate of drug-likeness (QED) is 0.526. The Morgan fingerprint density at radius 1 is 0.750 bits per heavy atom. The van der Waals surface area contributed by atoms with Crippen LogP contribution in [0.3, 0.4) is 0 Å². The van der Waals surface area contributed by atoms with Crippen molar-refractivity contribution in [3.63, 3.8) is 0 Å². The van der Waals surface area contributed by atoms with Gasteiger partial charge >= 0.3 is 5.97 Å². The summed E-state index contributed by atoms with van der Waals surface area (Å²) in [6, 6.07) is 0. The highest BCUT2D eigenvalue weighted by molar-refractivity contribution is 5.72. The lowest BCUT2D eigenvalue weighted by molar-refractivity contribution is -0.155. The highest BCUT2D eigenvalue weighted by atomic mass is 16.5. The standard InChI is InChI=1S/C14H24O2/c15-14(12-8-4-3-5-9-12)16-13-10-6-1-2-7-11-13/h12-13H,1-11H2. The molecule has 0 atom stereocenters. The average molecular weight is 224 g/mol. The zero-order chi connectivity index (χ0) is 11.2. The molecule has 0 aromatic heterocycles. The molecule has 2 aliphatic rings. The summed E-state index contributed by atoms with van der Waals surface area (Å²) in [6.45, 7) is 0. The van der Waals surface area contributed by atoms with Crippen LogP contribution in [0.4, 0.5) is 0 Å². The molecule has 92 valence electrons. The Labute approximate surface area is 98.7 Å². The van der Waals surface area contributed by atoms with Crippen LogP contribution in [0.25, 0.3) is 0 Å². The molecule has 0 aromatic carbocycles. The number of rotatable bonds is 2. The van der Waals surface area contributed by atoms with E-state index in [-0.39, 0.29) is 18.0 Å². The summed E-state index contributed by atoms with van der Waals surface area (Å²) in [4.78, 5) is 12.0. The predicted molar refractivity (Wildman–Crippen MR) is 64.2 cm³/mol. The third-order valence-electron chi connectivity index (χ3n) is 4.02. The van der Waals surface area contributed by atoms with Gasteiger partial charge in [0, 0.05) is 0 Å². The third-order valence-corrected chi connectivity index (χ3v) is 4.02. The monoisotopic (exact) mass is 224 g/mol. The summed E-state index contributed by atoms with van der Waals surface area (Å²) in [7, 11) is 0. The topological polar surface area (TPSA) is 26.3 Å². The van der Waals surface area contributed by atoms with Gasteiger partial charge in [0.15, 0.2) is 0 Å². The predicted octanol–water partition coefficient (Wildman–Crippen LogP) is 3.83. The van der Waals surface area contributed by atoms with Crippen LogP contribution in [0.2, 0.25) is 0 Å². The van der Waals surface area contributed by atoms with E-state index < -0.39 is 0 Å². The van der Waals surface area contributed by atoms with Gasteiger partial charge in [0.25, 0.3) is 0 Å². The van der Waals surface area contributed by atoms with E-state index in [0.29, 0.717) is 0 Å². The van der Waals surface area contributed by atoms with Crippen LogP contribution in [-0.4, -0.2) is 12.1 Å². The molecule has 2 aliphatic carbocycles. The van der Waals surface area contributed by atoms with Gasteiger partial charge in [-0.2, -0.15) is 0 Å². The Morgan fingerprint density at radius 2 is 1.25 bits per heavy atom. The number of ether oxygens (including phenoxy) is 1. The van der Waals surface area contributed by atoms with E-state index in [2.05, 4.69) is 0 Å². The fourth-order valence-corrected chi connectivity index (χ4v) is 2.96. The van der Waals surface area contributed by atoms with Crippen LogP contribution in [0.5, 0.6) is 0 Å². The smallest absolute Gasteiger partial charge is 0.309 e. The zero-order valence-electron chi connectivity index (χ0n) is 10.2. The first-order chi connectivity index (χ1) is 7.86. The lowest BCUT2D eigenvalue weighted by Gasteiger charge is -2.23. The maximum atomic E-state index is 12.0. The van der Waals surface area contributed by atoms with Crippen LogP contribution in [-0.2, 0) is 9.53 Å². The summed E-state index contributed by atoms with van der Waals surface area (Å²) in [6.07, 6.45) is 13.4. The molecule has 0 amide bonds. The van der Waals surface area contributed by atoms with Crippen LogP contribution in [0.1, 0.15) is 70.6 Å². The lowest BCUT2D eigenvalue weighted by Crippen LogP contribution is -2.25. The Bertz CT molecular complexity index is 211. The normalized spacial score (nSPS) is 25.0. The molecule has 0 aliphatic heterocycles. The molecule has 0 radical (unpaired) electrons. The zero-order valence-corrected chi connectivity index (χ0v) is 10.2. The molecule has 0 saturated heterocycles. The minimum atomic E-state index is 0.103. The largest absolute Gasteiger partial charge is 0.462 e. The van der Waals surface area contributed by atoms with Gasteiger partial charge in [-0.3, -0.25) is 4.79 Å². The second-order valence-corrected chi connectivity index (χ2v) is 5.39. The molecule has 2 heteroatoms. The van der Waals surface area contributed by atoms with E-state index in [9.17, 15) is 4.79 Å². The van der Waals surface area contributed by atoms with E-state index in [4.69, 9.17) is 4.74 Å². The molecule has 2 saturated carbocycles. The van der Waals surface area contributed by atoms with E-state index >= 15 is 0 Å². The van der Waals surface area contributed by atoms with E-state index in [1.807, 2.05) is 0 Å². The van der Waals surface area contributed by atoms with Crippen LogP contribution in [0.15, 0.2) is 0 Å². The van der Waals surface area contributed by atoms with Crippen molar-refractivity contribution in [3.05, 3.63) is 0 Å². The summed E-state index contributed by atoms with van der Waals surface area (Å²) in [5.41, 5.74) is 0. The molecule has 2 fully saturated rings. The van der Waals surface area contributed by atoms with E-state index in [0.717, 1.165) is 25.7 Å². The van der Waals surface area contributed by atoms with Crippen molar-refractivity contribution in [1.82, 2.24) is 0 Å². The summed E-state index contributed by atoms with van der Waals surface area (Å²) >= 11 is 0. The van der Waals surface area contributed by atoms with E-state index in [1.54, 1.807) is 0 Å². The lowest BCUT2D eigenvalue weighted by atomic mass is 9.89. The highest BCUT2D eigenvalue weighted by Gasteiger charge is 2.25. The minimum Gasteiger partial charge on any atom is -0.462 e. The molecule has 16 heavy (non-hydrogen) atoms. The van der Waals surface area contributed by atoms with Crippen molar-refractivity contribution >= 4 is 5.97 Å². The van der Waals surface area contributed by atoms with Gasteiger partial charge in [-0.15, -0.1) is 0 Å². The Kier molecular flexibility index (Phi) is 4.68. The number of hydrogen-bond donors (Lipinski definition) is 0. The van der Waals surface area contributed by atoms with Gasteiger partial charge in [0.2, 0.25) is 0 Å². The van der Waals surface area contributed by atoms with Gasteiger partial charge in [-0.05, 0) is 38.5 Å². The second kappa shape index (κ2) is 6.27. The van der Waals surface area contributed by atoms with Crippen molar-refractivity contribution in [2.45, 2.75) is 76.7 Å². The van der Waals surface area contributed by atoms with Gasteiger partial charge < -0.3 is 4.74 Å². The van der Waals surface area contributed by atoms with Gasteiger partial charge in [0.1, 0.15) is 6.10 Å². The maximum Gasteiger partial charge on any atom is 0.309 e. The van der Waals surface area contributed by atoms with Crippen molar-refractivity contribution in [2.24, 2.45) is 5.92 Å². The highest BCUT2D eigenvalue weighted by Crippen LogP contribution is 2.27. The molecule has 0 aromatic rings. The number of carbonyl (C=O) groups excluding carboxylic acids is 1. The molecule has 2 rings (SSSR count). The Balaban J connectivity index is 1.76. The third kappa shape index (κ3) is 3.50. The number of hydrogen-bond acceptors (Lipinski definition) is 2. The van der Waals surface area contributed by atoms with Gasteiger partial charge in [0.05, 0.1) is 5.92 Å². The van der Waals surface area contributed by atoms with Crippen LogP contribution >= 0.6 is 0 Å². The molecule has 2 nitrogen and oxygen atoms in total. The molecular weight excluding hydrogens is 200 g/mol. The first kappa shape index (κ1) is 11.9. The number of esters is 1. The average Bonchev–Trinajstić information content (AvgIpc) is 2.59. The summed E-state index contributed by atoms with van der Waals surface area (Å²) in [5, 5.41) is 0. The summed E-state index contributed by atoms with van der Waals surface area (Å²) in [5.74, 6) is 0.323. The van der Waals surface area contributed by atoms with Crippen molar-refractivity contribution in [2.75, 3.05) is 0 Å². The number of carbonyl (C=O) groups is 1. The molecular formula is C14H24O2. The maximum absolute atomic E-state index is 12.0.